The average molecular weight is 375 g/mol. The normalized spacial score (nSPS) is 12.0. The molecule has 26 heavy (non-hydrogen) atoms. The molecule has 2 aromatic carbocycles. The topological polar surface area (TPSA) is 66.5 Å². The fourth-order valence-corrected chi connectivity index (χ4v) is 3.81. The van der Waals surface area contributed by atoms with Gasteiger partial charge in [0.15, 0.2) is 0 Å². The zero-order valence-corrected chi connectivity index (χ0v) is 16.5. The molecule has 1 N–H and O–H groups in total. The van der Waals surface area contributed by atoms with Gasteiger partial charge >= 0.3 is 0 Å². The Hall–Kier alpha value is -2.18. The van der Waals surface area contributed by atoms with Crippen LogP contribution in [0.2, 0.25) is 0 Å². The summed E-state index contributed by atoms with van der Waals surface area (Å²) < 4.78 is 27.2. The van der Waals surface area contributed by atoms with Crippen LogP contribution >= 0.6 is 0 Å². The minimum atomic E-state index is -3.59. The quantitative estimate of drug-likeness (QED) is 0.843. The molecule has 6 heteroatoms. The summed E-state index contributed by atoms with van der Waals surface area (Å²) in [6, 6.07) is 15.9. The van der Waals surface area contributed by atoms with Crippen LogP contribution in [0.1, 0.15) is 33.3 Å². The number of anilines is 1. The summed E-state index contributed by atoms with van der Waals surface area (Å²) in [6.45, 7) is 8.14. The lowest BCUT2D eigenvalue weighted by Crippen LogP contribution is -2.38. The molecule has 2 aromatic rings. The van der Waals surface area contributed by atoms with Crippen molar-refractivity contribution < 1.29 is 13.2 Å². The Morgan fingerprint density at radius 3 is 2.15 bits per heavy atom. The Bertz CT molecular complexity index is 856. The molecule has 0 fully saturated rings. The smallest absolute Gasteiger partial charge is 0.240 e. The number of hydrogen-bond donors (Lipinski definition) is 1. The van der Waals surface area contributed by atoms with Crippen molar-refractivity contribution in [1.82, 2.24) is 4.72 Å². The van der Waals surface area contributed by atoms with Gasteiger partial charge in [0.05, 0.1) is 4.90 Å². The van der Waals surface area contributed by atoms with Gasteiger partial charge in [0.1, 0.15) is 0 Å². The average Bonchev–Trinajstić information content (AvgIpc) is 2.58. The first kappa shape index (κ1) is 20.1. The van der Waals surface area contributed by atoms with Gasteiger partial charge in [0.2, 0.25) is 15.9 Å². The number of para-hydroxylation sites is 1. The van der Waals surface area contributed by atoms with E-state index in [4.69, 9.17) is 0 Å². The highest BCUT2D eigenvalue weighted by atomic mass is 32.2. The van der Waals surface area contributed by atoms with E-state index in [9.17, 15) is 13.2 Å². The number of nitrogens with one attached hydrogen (secondary N) is 1. The number of benzene rings is 2. The van der Waals surface area contributed by atoms with Crippen molar-refractivity contribution in [3.63, 3.8) is 0 Å². The molecule has 1 amide bonds. The van der Waals surface area contributed by atoms with E-state index in [0.29, 0.717) is 0 Å². The van der Waals surface area contributed by atoms with Gasteiger partial charge in [-0.3, -0.25) is 4.79 Å². The Kier molecular flexibility index (Phi) is 6.21. The van der Waals surface area contributed by atoms with Crippen molar-refractivity contribution in [3.05, 3.63) is 60.2 Å². The molecule has 0 radical (unpaired) electrons. The highest BCUT2D eigenvalue weighted by Crippen LogP contribution is 2.31. The maximum atomic E-state index is 12.3. The van der Waals surface area contributed by atoms with E-state index < -0.39 is 10.0 Å². The molecule has 0 spiro atoms. The molecule has 0 heterocycles. The Morgan fingerprint density at radius 1 is 1.00 bits per heavy atom. The van der Waals surface area contributed by atoms with Crippen LogP contribution in [-0.2, 0) is 20.2 Å². The van der Waals surface area contributed by atoms with E-state index in [1.165, 1.54) is 6.92 Å². The number of sulfonamides is 1. The molecule has 0 aliphatic carbocycles. The first-order valence-electron chi connectivity index (χ1n) is 8.55. The van der Waals surface area contributed by atoms with Crippen LogP contribution in [0.15, 0.2) is 59.5 Å². The van der Waals surface area contributed by atoms with Crippen molar-refractivity contribution in [3.8, 4) is 0 Å². The van der Waals surface area contributed by atoms with Gasteiger partial charge in [-0.2, -0.15) is 0 Å². The number of carbonyl (C=O) groups is 1. The molecule has 5 nitrogen and oxygen atoms in total. The molecule has 0 aromatic heterocycles. The van der Waals surface area contributed by atoms with Gasteiger partial charge in [-0.1, -0.05) is 57.2 Å². The molecule has 0 bridgehead atoms. The van der Waals surface area contributed by atoms with Crippen molar-refractivity contribution in [1.29, 1.82) is 0 Å². The van der Waals surface area contributed by atoms with E-state index in [0.717, 1.165) is 11.3 Å². The SMILES string of the molecule is CC(=O)N(CCNS(=O)(=O)c1ccccc1)c1ccccc1C(C)(C)C. The molecule has 0 aliphatic rings. The molecule has 140 valence electrons. The van der Waals surface area contributed by atoms with Crippen molar-refractivity contribution in [2.75, 3.05) is 18.0 Å². The van der Waals surface area contributed by atoms with Gasteiger partial charge in [-0.15, -0.1) is 0 Å². The summed E-state index contributed by atoms with van der Waals surface area (Å²) in [5.41, 5.74) is 1.72. The first-order valence-corrected chi connectivity index (χ1v) is 10.0. The number of carbonyl (C=O) groups excluding carboxylic acids is 1. The van der Waals surface area contributed by atoms with Crippen LogP contribution < -0.4 is 9.62 Å². The third-order valence-electron chi connectivity index (χ3n) is 4.06. The molecule has 0 atom stereocenters. The fraction of sp³-hybridized carbons (Fsp3) is 0.350. The van der Waals surface area contributed by atoms with Crippen LogP contribution in [-0.4, -0.2) is 27.4 Å². The van der Waals surface area contributed by atoms with Crippen molar-refractivity contribution >= 4 is 21.6 Å². The minimum Gasteiger partial charge on any atom is -0.311 e. The Morgan fingerprint density at radius 2 is 1.58 bits per heavy atom. The highest BCUT2D eigenvalue weighted by Gasteiger charge is 2.23. The fourth-order valence-electron chi connectivity index (χ4n) is 2.77. The summed E-state index contributed by atoms with van der Waals surface area (Å²) in [7, 11) is -3.59. The molecule has 0 unspecified atom stereocenters. The lowest BCUT2D eigenvalue weighted by atomic mass is 9.85. The van der Waals surface area contributed by atoms with Gasteiger partial charge in [0, 0.05) is 25.7 Å². The zero-order chi connectivity index (χ0) is 19.4. The van der Waals surface area contributed by atoms with Crippen LogP contribution in [0.4, 0.5) is 5.69 Å². The second kappa shape index (κ2) is 8.01. The van der Waals surface area contributed by atoms with Crippen molar-refractivity contribution in [2.45, 2.75) is 38.0 Å². The van der Waals surface area contributed by atoms with Gasteiger partial charge in [0.25, 0.3) is 0 Å². The molecule has 0 aliphatic heterocycles. The molecule has 0 saturated carbocycles. The second-order valence-corrected chi connectivity index (χ2v) is 8.92. The highest BCUT2D eigenvalue weighted by molar-refractivity contribution is 7.89. The maximum Gasteiger partial charge on any atom is 0.240 e. The Labute approximate surface area is 156 Å². The van der Waals surface area contributed by atoms with Crippen molar-refractivity contribution in [2.24, 2.45) is 0 Å². The number of rotatable bonds is 6. The lowest BCUT2D eigenvalue weighted by molar-refractivity contribution is -0.116. The summed E-state index contributed by atoms with van der Waals surface area (Å²) in [6.07, 6.45) is 0. The Balaban J connectivity index is 2.18. The van der Waals surface area contributed by atoms with Gasteiger partial charge in [-0.05, 0) is 29.2 Å². The lowest BCUT2D eigenvalue weighted by Gasteiger charge is -2.29. The monoisotopic (exact) mass is 374 g/mol. The van der Waals surface area contributed by atoms with Gasteiger partial charge in [-0.25, -0.2) is 13.1 Å². The van der Waals surface area contributed by atoms with E-state index in [1.54, 1.807) is 35.2 Å². The van der Waals surface area contributed by atoms with E-state index in [1.807, 2.05) is 24.3 Å². The van der Waals surface area contributed by atoms with E-state index >= 15 is 0 Å². The molecular formula is C20H26N2O3S. The summed E-state index contributed by atoms with van der Waals surface area (Å²) in [4.78, 5) is 14.0. The summed E-state index contributed by atoms with van der Waals surface area (Å²) in [5.74, 6) is -0.124. The van der Waals surface area contributed by atoms with E-state index in [-0.39, 0.29) is 29.3 Å². The van der Waals surface area contributed by atoms with Crippen LogP contribution in [0.25, 0.3) is 0 Å². The third-order valence-corrected chi connectivity index (χ3v) is 5.54. The molecular weight excluding hydrogens is 348 g/mol. The van der Waals surface area contributed by atoms with Crippen LogP contribution in [0.5, 0.6) is 0 Å². The molecule has 0 saturated heterocycles. The summed E-state index contributed by atoms with van der Waals surface area (Å²) in [5, 5.41) is 0. The van der Waals surface area contributed by atoms with Crippen LogP contribution in [0, 0.1) is 0 Å². The standard InChI is InChI=1S/C20H26N2O3S/c1-16(23)22(19-13-9-8-12-18(19)20(2,3)4)15-14-21-26(24,25)17-10-6-5-7-11-17/h5-13,21H,14-15H2,1-4H3. The number of amides is 1. The number of hydrogen-bond acceptors (Lipinski definition) is 3. The maximum absolute atomic E-state index is 12.3. The first-order chi connectivity index (χ1) is 12.1. The zero-order valence-electron chi connectivity index (χ0n) is 15.7. The second-order valence-electron chi connectivity index (χ2n) is 7.15. The predicted molar refractivity (Wildman–Crippen MR) is 105 cm³/mol. The third kappa shape index (κ3) is 4.93. The minimum absolute atomic E-state index is 0.124. The van der Waals surface area contributed by atoms with E-state index in [2.05, 4.69) is 25.5 Å². The summed E-state index contributed by atoms with van der Waals surface area (Å²) >= 11 is 0. The van der Waals surface area contributed by atoms with Crippen LogP contribution in [0.3, 0.4) is 0 Å². The molecule has 2 rings (SSSR count). The predicted octanol–water partition coefficient (Wildman–Crippen LogP) is 3.32. The number of nitrogens with zero attached hydrogens (tertiary/aromatic N) is 1. The largest absolute Gasteiger partial charge is 0.311 e. The van der Waals surface area contributed by atoms with Gasteiger partial charge < -0.3 is 4.90 Å².